The molecule has 2 saturated carbocycles. The number of sulfonamides is 1. The van der Waals surface area contributed by atoms with Crippen LogP contribution in [0.1, 0.15) is 91.7 Å². The van der Waals surface area contributed by atoms with E-state index in [4.69, 9.17) is 9.47 Å². The number of likely N-dealkylation sites (tertiary alicyclic amines) is 1. The summed E-state index contributed by atoms with van der Waals surface area (Å²) in [4.78, 5) is 81.6. The number of nitrogens with zero attached hydrogens (tertiary/aromatic N) is 2. The number of halogens is 1. The fourth-order valence-corrected chi connectivity index (χ4v) is 8.88. The zero-order valence-electron chi connectivity index (χ0n) is 32.9. The molecule has 6 atom stereocenters. The second kappa shape index (κ2) is 15.0. The quantitative estimate of drug-likeness (QED) is 0.122. The van der Waals surface area contributed by atoms with Gasteiger partial charge in [-0.3, -0.25) is 29.2 Å². The molecule has 0 spiro atoms. The predicted molar refractivity (Wildman–Crippen MR) is 194 cm³/mol. The third-order valence-corrected chi connectivity index (χ3v) is 12.4. The SMILES string of the molecule is CC(=O)C(C)C1CC1(NC(=O)C1CC(OC(=O)N2C(O)(O)c3cccc(F)c3C2(O)O)CN1C(=O)C(O)(CC(C)C)NC(=O)OC(C)(C)C)C(=O)NS(=O)(=O)C1CC1. The lowest BCUT2D eigenvalue weighted by Crippen LogP contribution is -2.64. The highest BCUT2D eigenvalue weighted by atomic mass is 32.2. The van der Waals surface area contributed by atoms with Crippen molar-refractivity contribution in [2.24, 2.45) is 17.8 Å². The third-order valence-electron chi connectivity index (χ3n) is 10.6. The highest BCUT2D eigenvalue weighted by Gasteiger charge is 2.66. The summed E-state index contributed by atoms with van der Waals surface area (Å²) in [6.45, 7) is 9.68. The van der Waals surface area contributed by atoms with Crippen molar-refractivity contribution < 1.29 is 76.6 Å². The maximum Gasteiger partial charge on any atom is 0.419 e. The van der Waals surface area contributed by atoms with Gasteiger partial charge in [-0.05, 0) is 58.9 Å². The van der Waals surface area contributed by atoms with Gasteiger partial charge in [-0.1, -0.05) is 32.9 Å². The first kappa shape index (κ1) is 44.6. The summed E-state index contributed by atoms with van der Waals surface area (Å²) in [7, 11) is -4.16. The summed E-state index contributed by atoms with van der Waals surface area (Å²) in [5.74, 6) is -14.9. The van der Waals surface area contributed by atoms with E-state index < -0.39 is 145 Å². The maximum atomic E-state index is 14.7. The molecule has 4 aliphatic rings. The molecule has 20 nitrogen and oxygen atoms in total. The highest BCUT2D eigenvalue weighted by molar-refractivity contribution is 7.91. The Labute approximate surface area is 333 Å². The van der Waals surface area contributed by atoms with Gasteiger partial charge in [0.2, 0.25) is 21.7 Å². The van der Waals surface area contributed by atoms with Crippen LogP contribution in [0.25, 0.3) is 0 Å². The monoisotopic (exact) mass is 843 g/mol. The number of Topliss-reactive ketones (excluding diaryl/α,β-unsaturated/α-hetero) is 1. The summed E-state index contributed by atoms with van der Waals surface area (Å²) in [6, 6.07) is 0.867. The number of carbonyl (C=O) groups is 6. The van der Waals surface area contributed by atoms with Crippen LogP contribution in [0.3, 0.4) is 0 Å². The van der Waals surface area contributed by atoms with E-state index in [2.05, 4.69) is 10.6 Å². The third kappa shape index (κ3) is 8.48. The van der Waals surface area contributed by atoms with Crippen molar-refractivity contribution in [1.29, 1.82) is 0 Å². The van der Waals surface area contributed by atoms with E-state index in [-0.39, 0.29) is 12.2 Å². The number of benzene rings is 1. The zero-order valence-corrected chi connectivity index (χ0v) is 33.8. The molecule has 322 valence electrons. The average molecular weight is 844 g/mol. The first-order valence-corrected chi connectivity index (χ1v) is 20.2. The molecular formula is C36H50FN5O15S. The van der Waals surface area contributed by atoms with Gasteiger partial charge in [0.05, 0.1) is 17.4 Å². The lowest BCUT2D eigenvalue weighted by atomic mass is 9.97. The Balaban J connectivity index is 1.49. The minimum atomic E-state index is -4.16. The molecule has 22 heteroatoms. The first-order chi connectivity index (χ1) is 26.5. The van der Waals surface area contributed by atoms with Crippen LogP contribution in [0.2, 0.25) is 0 Å². The van der Waals surface area contributed by atoms with Crippen LogP contribution in [0.5, 0.6) is 0 Å². The Morgan fingerprint density at radius 2 is 1.64 bits per heavy atom. The van der Waals surface area contributed by atoms with Crippen LogP contribution in [0.15, 0.2) is 18.2 Å². The van der Waals surface area contributed by atoms with E-state index in [9.17, 15) is 67.1 Å². The summed E-state index contributed by atoms with van der Waals surface area (Å²) >= 11 is 0. The molecule has 8 N–H and O–H groups in total. The number of rotatable bonds is 12. The zero-order chi connectivity index (χ0) is 43.7. The number of fused-ring (bicyclic) bond motifs is 1. The molecule has 1 aromatic rings. The van der Waals surface area contributed by atoms with Gasteiger partial charge >= 0.3 is 12.2 Å². The minimum Gasteiger partial charge on any atom is -0.444 e. The van der Waals surface area contributed by atoms with Crippen LogP contribution >= 0.6 is 0 Å². The molecule has 3 fully saturated rings. The number of hydrogen-bond acceptors (Lipinski definition) is 15. The molecule has 6 unspecified atom stereocenters. The summed E-state index contributed by atoms with van der Waals surface area (Å²) in [5.41, 5.74) is -7.79. The fraction of sp³-hybridized carbons (Fsp3) is 0.667. The van der Waals surface area contributed by atoms with Gasteiger partial charge < -0.3 is 45.2 Å². The van der Waals surface area contributed by atoms with Gasteiger partial charge in [-0.15, -0.1) is 0 Å². The predicted octanol–water partition coefficient (Wildman–Crippen LogP) is -0.595. The fourth-order valence-electron chi connectivity index (χ4n) is 7.51. The second-order valence-corrected chi connectivity index (χ2v) is 18.9. The molecule has 1 saturated heterocycles. The van der Waals surface area contributed by atoms with Gasteiger partial charge in [0.25, 0.3) is 23.6 Å². The molecule has 5 amide bonds. The highest BCUT2D eigenvalue weighted by Crippen LogP contribution is 2.50. The number of alkyl carbamates (subject to hydrolysis) is 1. The van der Waals surface area contributed by atoms with Gasteiger partial charge in [-0.25, -0.2) is 22.4 Å². The molecule has 1 aromatic carbocycles. The maximum absolute atomic E-state index is 14.7. The smallest absolute Gasteiger partial charge is 0.419 e. The number of nitrogens with one attached hydrogen (secondary N) is 3. The summed E-state index contributed by atoms with van der Waals surface area (Å²) in [6.07, 6.45) is -5.51. The molecule has 5 rings (SSSR count). The van der Waals surface area contributed by atoms with Gasteiger partial charge in [0, 0.05) is 30.2 Å². The Morgan fingerprint density at radius 3 is 2.17 bits per heavy atom. The molecule has 2 aliphatic carbocycles. The minimum absolute atomic E-state index is 0.196. The van der Waals surface area contributed by atoms with Crippen LogP contribution in [0.4, 0.5) is 14.0 Å². The van der Waals surface area contributed by atoms with Crippen molar-refractivity contribution in [3.05, 3.63) is 35.1 Å². The van der Waals surface area contributed by atoms with Crippen LogP contribution in [-0.2, 0) is 50.5 Å². The van der Waals surface area contributed by atoms with Crippen molar-refractivity contribution in [2.45, 2.75) is 127 Å². The number of carbonyl (C=O) groups excluding carboxylic acids is 6. The van der Waals surface area contributed by atoms with Crippen molar-refractivity contribution in [1.82, 2.24) is 25.2 Å². The molecule has 58 heavy (non-hydrogen) atoms. The average Bonchev–Trinajstić information content (AvgIpc) is 3.98. The number of ketones is 1. The largest absolute Gasteiger partial charge is 0.444 e. The Bertz CT molecular complexity index is 2000. The summed E-state index contributed by atoms with van der Waals surface area (Å²) in [5, 5.41) is 58.9. The van der Waals surface area contributed by atoms with Gasteiger partial charge in [0.15, 0.2) is 0 Å². The molecule has 2 heterocycles. The molecule has 2 aliphatic heterocycles. The molecule has 0 aromatic heterocycles. The summed E-state index contributed by atoms with van der Waals surface area (Å²) < 4.78 is 52.9. The standard InChI is InChI=1S/C36H50FN5O15S/c1-17(2)14-34(49,39-30(47)57-32(5,6)7)29(46)41-16-20(56-31(48)42-35(50,51)22-9-8-10-24(37)26(22)36(42,52)53)13-25(41)27(44)38-33(15-23(33)18(3)19(4)43)28(45)40-58(54,55)21-11-12-21/h8-10,17-18,20-21,23,25,49-53H,11-16H2,1-7H3,(H,38,44)(H,39,47)(H,40,45). The number of ether oxygens (including phenoxy) is 2. The first-order valence-electron chi connectivity index (χ1n) is 18.6. The van der Waals surface area contributed by atoms with Crippen molar-refractivity contribution in [3.8, 4) is 0 Å². The van der Waals surface area contributed by atoms with Crippen LogP contribution in [-0.4, -0.2) is 120 Å². The van der Waals surface area contributed by atoms with E-state index in [1.165, 1.54) is 34.6 Å². The van der Waals surface area contributed by atoms with E-state index in [1.54, 1.807) is 13.8 Å². The van der Waals surface area contributed by atoms with E-state index in [0.29, 0.717) is 17.7 Å². The molecule has 0 bridgehead atoms. The number of hydrogen-bond donors (Lipinski definition) is 8. The Morgan fingerprint density at radius 1 is 1.02 bits per heavy atom. The Hall–Kier alpha value is -4.48. The van der Waals surface area contributed by atoms with Crippen LogP contribution in [0, 0.1) is 23.6 Å². The number of amides is 5. The van der Waals surface area contributed by atoms with Crippen molar-refractivity contribution >= 4 is 45.7 Å². The number of aliphatic hydroxyl groups is 5. The second-order valence-electron chi connectivity index (χ2n) is 16.9. The molecular weight excluding hydrogens is 793 g/mol. The van der Waals surface area contributed by atoms with Crippen molar-refractivity contribution in [2.75, 3.05) is 6.54 Å². The van der Waals surface area contributed by atoms with E-state index >= 15 is 0 Å². The lowest BCUT2D eigenvalue weighted by Gasteiger charge is -2.36. The normalized spacial score (nSPS) is 26.2. The van der Waals surface area contributed by atoms with E-state index in [1.807, 2.05) is 4.72 Å². The van der Waals surface area contributed by atoms with Gasteiger partial charge in [-0.2, -0.15) is 4.90 Å². The van der Waals surface area contributed by atoms with Crippen molar-refractivity contribution in [3.63, 3.8) is 0 Å². The lowest BCUT2D eigenvalue weighted by molar-refractivity contribution is -0.362. The topological polar surface area (TPSA) is 299 Å². The van der Waals surface area contributed by atoms with Crippen LogP contribution < -0.4 is 15.4 Å². The van der Waals surface area contributed by atoms with E-state index in [0.717, 1.165) is 18.2 Å². The molecule has 0 radical (unpaired) electrons. The van der Waals surface area contributed by atoms with Gasteiger partial charge in [0.1, 0.15) is 34.9 Å². The Kier molecular flexibility index (Phi) is 11.5.